The largest absolute Gasteiger partial charge is 0.465 e. The average Bonchev–Trinajstić information content (AvgIpc) is 3.12. The van der Waals surface area contributed by atoms with Crippen LogP contribution in [0.1, 0.15) is 26.5 Å². The number of benzene rings is 1. The number of aryl methyl sites for hydroxylation is 1. The molecule has 0 saturated heterocycles. The number of carbonyl (C=O) groups is 2. The van der Waals surface area contributed by atoms with Crippen LogP contribution in [0.25, 0.3) is 11.0 Å². The number of hydrogen-bond donors (Lipinski definition) is 1. The minimum absolute atomic E-state index is 0.224. The Labute approximate surface area is 144 Å². The Morgan fingerprint density at radius 2 is 2.09 bits per heavy atom. The van der Waals surface area contributed by atoms with E-state index in [9.17, 15) is 9.59 Å². The number of methoxy groups -OCH3 is 1. The lowest BCUT2D eigenvalue weighted by Gasteiger charge is -2.04. The van der Waals surface area contributed by atoms with Gasteiger partial charge in [0.05, 0.1) is 12.7 Å². The van der Waals surface area contributed by atoms with Crippen molar-refractivity contribution >= 4 is 55.1 Å². The van der Waals surface area contributed by atoms with Crippen LogP contribution in [0.4, 0.5) is 5.00 Å². The Bertz CT molecular complexity index is 912. The monoisotopic (exact) mass is 393 g/mol. The number of hydrogen-bond acceptors (Lipinski definition) is 5. The summed E-state index contributed by atoms with van der Waals surface area (Å²) in [5.41, 5.74) is 1.70. The molecule has 0 aliphatic heterocycles. The van der Waals surface area contributed by atoms with Crippen LogP contribution in [-0.2, 0) is 4.74 Å². The third-order valence-electron chi connectivity index (χ3n) is 3.40. The summed E-state index contributed by atoms with van der Waals surface area (Å²) in [6, 6.07) is 7.15. The summed E-state index contributed by atoms with van der Waals surface area (Å²) in [7, 11) is 1.30. The Hall–Kier alpha value is -2.12. The maximum absolute atomic E-state index is 12.5. The molecule has 118 valence electrons. The highest BCUT2D eigenvalue weighted by Crippen LogP contribution is 2.30. The fourth-order valence-corrected chi connectivity index (χ4v) is 3.38. The van der Waals surface area contributed by atoms with Crippen LogP contribution in [0.15, 0.2) is 38.5 Å². The van der Waals surface area contributed by atoms with E-state index in [0.29, 0.717) is 16.1 Å². The molecule has 5 nitrogen and oxygen atoms in total. The van der Waals surface area contributed by atoms with Gasteiger partial charge in [0.1, 0.15) is 10.6 Å². The lowest BCUT2D eigenvalue weighted by molar-refractivity contribution is 0.0602. The molecule has 0 spiro atoms. The minimum Gasteiger partial charge on any atom is -0.465 e. The minimum atomic E-state index is -0.494. The van der Waals surface area contributed by atoms with E-state index in [1.807, 2.05) is 19.1 Å². The standard InChI is InChI=1S/C16H12BrNO4S/c1-8-11-7-9(17)3-4-12(11)22-13(8)14(19)18-15-10(5-6-23-15)16(20)21-2/h3-7H,1-2H3,(H,18,19). The van der Waals surface area contributed by atoms with Crippen molar-refractivity contribution in [3.63, 3.8) is 0 Å². The van der Waals surface area contributed by atoms with Crippen LogP contribution >= 0.6 is 27.3 Å². The Balaban J connectivity index is 1.94. The normalized spacial score (nSPS) is 10.7. The fourth-order valence-electron chi connectivity index (χ4n) is 2.25. The van der Waals surface area contributed by atoms with Crippen LogP contribution in [0.3, 0.4) is 0 Å². The number of anilines is 1. The predicted molar refractivity (Wildman–Crippen MR) is 92.3 cm³/mol. The van der Waals surface area contributed by atoms with Gasteiger partial charge in [-0.3, -0.25) is 4.79 Å². The number of thiophene rings is 1. The third kappa shape index (κ3) is 2.89. The van der Waals surface area contributed by atoms with E-state index < -0.39 is 11.9 Å². The second-order valence-electron chi connectivity index (χ2n) is 4.81. The highest BCUT2D eigenvalue weighted by Gasteiger charge is 2.21. The van der Waals surface area contributed by atoms with Crippen LogP contribution in [-0.4, -0.2) is 19.0 Å². The molecule has 0 bridgehead atoms. The van der Waals surface area contributed by atoms with Crippen molar-refractivity contribution in [1.82, 2.24) is 0 Å². The summed E-state index contributed by atoms with van der Waals surface area (Å²) < 4.78 is 11.3. The lowest BCUT2D eigenvalue weighted by atomic mass is 10.1. The molecular weight excluding hydrogens is 382 g/mol. The van der Waals surface area contributed by atoms with Crippen molar-refractivity contribution in [3.8, 4) is 0 Å². The highest BCUT2D eigenvalue weighted by atomic mass is 79.9. The summed E-state index contributed by atoms with van der Waals surface area (Å²) >= 11 is 4.65. The number of ether oxygens (including phenoxy) is 1. The molecule has 2 aromatic heterocycles. The fraction of sp³-hybridized carbons (Fsp3) is 0.125. The molecule has 0 unspecified atom stereocenters. The molecule has 3 aromatic rings. The smallest absolute Gasteiger partial charge is 0.340 e. The maximum Gasteiger partial charge on any atom is 0.340 e. The zero-order valence-corrected chi connectivity index (χ0v) is 14.7. The molecule has 0 aliphatic rings. The second kappa shape index (κ2) is 6.17. The predicted octanol–water partition coefficient (Wildman–Crippen LogP) is 4.60. The van der Waals surface area contributed by atoms with E-state index in [4.69, 9.17) is 9.15 Å². The van der Waals surface area contributed by atoms with Crippen LogP contribution < -0.4 is 5.32 Å². The molecule has 0 atom stereocenters. The summed E-state index contributed by atoms with van der Waals surface area (Å²) in [6.45, 7) is 1.82. The van der Waals surface area contributed by atoms with Crippen molar-refractivity contribution in [2.75, 3.05) is 12.4 Å². The quantitative estimate of drug-likeness (QED) is 0.659. The molecule has 23 heavy (non-hydrogen) atoms. The molecule has 0 fully saturated rings. The van der Waals surface area contributed by atoms with Gasteiger partial charge in [-0.1, -0.05) is 15.9 Å². The van der Waals surface area contributed by atoms with Crippen molar-refractivity contribution in [3.05, 3.63) is 51.0 Å². The maximum atomic E-state index is 12.5. The number of fused-ring (bicyclic) bond motifs is 1. The first-order valence-electron chi connectivity index (χ1n) is 6.67. The number of nitrogens with one attached hydrogen (secondary N) is 1. The van der Waals surface area contributed by atoms with E-state index in [0.717, 1.165) is 15.4 Å². The number of carbonyl (C=O) groups excluding carboxylic acids is 2. The molecule has 0 saturated carbocycles. The van der Waals surface area contributed by atoms with E-state index in [1.54, 1.807) is 17.5 Å². The first-order valence-corrected chi connectivity index (χ1v) is 8.34. The SMILES string of the molecule is COC(=O)c1ccsc1NC(=O)c1oc2ccc(Br)cc2c1C. The van der Waals surface area contributed by atoms with Crippen LogP contribution in [0.5, 0.6) is 0 Å². The topological polar surface area (TPSA) is 68.5 Å². The van der Waals surface area contributed by atoms with Crippen molar-refractivity contribution in [1.29, 1.82) is 0 Å². The Morgan fingerprint density at radius 1 is 1.30 bits per heavy atom. The average molecular weight is 394 g/mol. The summed E-state index contributed by atoms with van der Waals surface area (Å²) in [5, 5.41) is 5.72. The molecule has 1 aromatic carbocycles. The Kier molecular flexibility index (Phi) is 4.23. The number of rotatable bonds is 3. The summed E-state index contributed by atoms with van der Waals surface area (Å²) in [5.74, 6) is -0.670. The van der Waals surface area contributed by atoms with Crippen LogP contribution in [0.2, 0.25) is 0 Å². The lowest BCUT2D eigenvalue weighted by Crippen LogP contribution is -2.14. The van der Waals surface area contributed by atoms with E-state index in [1.165, 1.54) is 18.4 Å². The highest BCUT2D eigenvalue weighted by molar-refractivity contribution is 9.10. The zero-order chi connectivity index (χ0) is 16.6. The van der Waals surface area contributed by atoms with Gasteiger partial charge in [-0.05, 0) is 36.6 Å². The molecule has 1 amide bonds. The number of amides is 1. The number of furan rings is 1. The van der Waals surface area contributed by atoms with Gasteiger partial charge >= 0.3 is 5.97 Å². The van der Waals surface area contributed by atoms with Gasteiger partial charge in [0, 0.05) is 15.4 Å². The van der Waals surface area contributed by atoms with Gasteiger partial charge in [0.2, 0.25) is 0 Å². The molecule has 2 heterocycles. The molecule has 7 heteroatoms. The van der Waals surface area contributed by atoms with Gasteiger partial charge < -0.3 is 14.5 Å². The number of halogens is 1. The van der Waals surface area contributed by atoms with Gasteiger partial charge in [0.15, 0.2) is 5.76 Å². The first-order chi connectivity index (χ1) is 11.0. The van der Waals surface area contributed by atoms with Crippen molar-refractivity contribution < 1.29 is 18.7 Å². The summed E-state index contributed by atoms with van der Waals surface area (Å²) in [4.78, 5) is 24.2. The van der Waals surface area contributed by atoms with Gasteiger partial charge in [-0.25, -0.2) is 4.79 Å². The van der Waals surface area contributed by atoms with Gasteiger partial charge in [0.25, 0.3) is 5.91 Å². The molecule has 0 aliphatic carbocycles. The van der Waals surface area contributed by atoms with Crippen molar-refractivity contribution in [2.45, 2.75) is 6.92 Å². The Morgan fingerprint density at radius 3 is 2.83 bits per heavy atom. The molecule has 3 rings (SSSR count). The van der Waals surface area contributed by atoms with Gasteiger partial charge in [-0.2, -0.15) is 0 Å². The first kappa shape index (κ1) is 15.8. The molecule has 0 radical (unpaired) electrons. The summed E-state index contributed by atoms with van der Waals surface area (Å²) in [6.07, 6.45) is 0. The molecule has 1 N–H and O–H groups in total. The van der Waals surface area contributed by atoms with E-state index >= 15 is 0 Å². The molecular formula is C16H12BrNO4S. The van der Waals surface area contributed by atoms with Gasteiger partial charge in [-0.15, -0.1) is 11.3 Å². The third-order valence-corrected chi connectivity index (χ3v) is 4.73. The second-order valence-corrected chi connectivity index (χ2v) is 6.64. The van der Waals surface area contributed by atoms with E-state index in [-0.39, 0.29) is 5.76 Å². The van der Waals surface area contributed by atoms with Crippen molar-refractivity contribution in [2.24, 2.45) is 0 Å². The van der Waals surface area contributed by atoms with Crippen LogP contribution in [0, 0.1) is 6.92 Å². The zero-order valence-electron chi connectivity index (χ0n) is 12.3. The van der Waals surface area contributed by atoms with E-state index in [2.05, 4.69) is 21.2 Å². The number of esters is 1.